The molecule has 4 nitrogen and oxygen atoms in total. The lowest BCUT2D eigenvalue weighted by molar-refractivity contribution is 0.0687. The van der Waals surface area contributed by atoms with E-state index in [1.54, 1.807) is 18.2 Å². The van der Waals surface area contributed by atoms with E-state index in [0.717, 1.165) is 0 Å². The van der Waals surface area contributed by atoms with Gasteiger partial charge in [0.2, 0.25) is 0 Å². The highest BCUT2D eigenvalue weighted by Gasteiger charge is 2.14. The van der Waals surface area contributed by atoms with Gasteiger partial charge >= 0.3 is 11.9 Å². The van der Waals surface area contributed by atoms with E-state index >= 15 is 0 Å². The second-order valence-corrected chi connectivity index (χ2v) is 4.14. The molecule has 0 atom stereocenters. The monoisotopic (exact) mass is 256 g/mol. The Labute approximate surface area is 109 Å². The van der Waals surface area contributed by atoms with Gasteiger partial charge in [0.1, 0.15) is 0 Å². The number of rotatable bonds is 4. The normalized spacial score (nSPS) is 10.3. The Bertz CT molecular complexity index is 686. The van der Waals surface area contributed by atoms with Gasteiger partial charge in [0.15, 0.2) is 0 Å². The van der Waals surface area contributed by atoms with Crippen LogP contribution in [-0.4, -0.2) is 22.2 Å². The minimum Gasteiger partial charge on any atom is -0.478 e. The summed E-state index contributed by atoms with van der Waals surface area (Å²) in [5, 5.41) is 19.4. The molecule has 2 rings (SSSR count). The summed E-state index contributed by atoms with van der Waals surface area (Å²) in [6.07, 6.45) is 2.09. The maximum Gasteiger partial charge on any atom is 0.336 e. The van der Waals surface area contributed by atoms with Gasteiger partial charge in [-0.2, -0.15) is 0 Å². The molecule has 0 spiro atoms. The van der Waals surface area contributed by atoms with E-state index in [9.17, 15) is 14.7 Å². The number of hydrogen-bond acceptors (Lipinski definition) is 2. The van der Waals surface area contributed by atoms with Crippen molar-refractivity contribution in [1.82, 2.24) is 0 Å². The van der Waals surface area contributed by atoms with E-state index in [1.165, 1.54) is 18.2 Å². The largest absolute Gasteiger partial charge is 0.478 e. The lowest BCUT2D eigenvalue weighted by Crippen LogP contribution is -2.04. The molecule has 0 aliphatic rings. The maximum absolute atomic E-state index is 11.4. The molecule has 2 aromatic carbocycles. The lowest BCUT2D eigenvalue weighted by Gasteiger charge is -2.09. The fourth-order valence-corrected chi connectivity index (χ4v) is 2.09. The van der Waals surface area contributed by atoms with Crippen LogP contribution in [0.1, 0.15) is 26.3 Å². The number of benzene rings is 2. The van der Waals surface area contributed by atoms with Gasteiger partial charge in [0.25, 0.3) is 0 Å². The highest BCUT2D eigenvalue weighted by atomic mass is 16.4. The van der Waals surface area contributed by atoms with Crippen LogP contribution in [-0.2, 0) is 6.42 Å². The molecular formula is C15H12O4. The van der Waals surface area contributed by atoms with Crippen LogP contribution in [0.15, 0.2) is 43.0 Å². The molecule has 0 bridgehead atoms. The number of fused-ring (bicyclic) bond motifs is 1. The number of allylic oxidation sites excluding steroid dienone is 1. The van der Waals surface area contributed by atoms with Crippen molar-refractivity contribution in [2.24, 2.45) is 0 Å². The second-order valence-electron chi connectivity index (χ2n) is 4.14. The zero-order valence-corrected chi connectivity index (χ0v) is 10.1. The lowest BCUT2D eigenvalue weighted by atomic mass is 9.96. The number of carbonyl (C=O) groups is 2. The van der Waals surface area contributed by atoms with Gasteiger partial charge in [0, 0.05) is 0 Å². The molecule has 0 amide bonds. The zero-order chi connectivity index (χ0) is 14.0. The fourth-order valence-electron chi connectivity index (χ4n) is 2.09. The minimum absolute atomic E-state index is 0.139. The predicted molar refractivity (Wildman–Crippen MR) is 71.8 cm³/mol. The Hall–Kier alpha value is -2.62. The molecule has 0 fully saturated rings. The van der Waals surface area contributed by atoms with Crippen molar-refractivity contribution in [1.29, 1.82) is 0 Å². The summed E-state index contributed by atoms with van der Waals surface area (Å²) >= 11 is 0. The summed E-state index contributed by atoms with van der Waals surface area (Å²) in [4.78, 5) is 22.3. The number of carboxylic acids is 2. The quantitative estimate of drug-likeness (QED) is 0.825. The van der Waals surface area contributed by atoms with E-state index in [0.29, 0.717) is 22.8 Å². The van der Waals surface area contributed by atoms with Crippen molar-refractivity contribution in [3.8, 4) is 0 Å². The summed E-state index contributed by atoms with van der Waals surface area (Å²) in [6, 6.07) is 7.84. The average Bonchev–Trinajstić information content (AvgIpc) is 2.37. The zero-order valence-electron chi connectivity index (χ0n) is 10.1. The fraction of sp³-hybridized carbons (Fsp3) is 0.0667. The van der Waals surface area contributed by atoms with E-state index in [1.807, 2.05) is 0 Å². The van der Waals surface area contributed by atoms with Gasteiger partial charge < -0.3 is 10.2 Å². The van der Waals surface area contributed by atoms with Crippen molar-refractivity contribution in [2.75, 3.05) is 0 Å². The van der Waals surface area contributed by atoms with Gasteiger partial charge in [-0.25, -0.2) is 9.59 Å². The Morgan fingerprint density at radius 2 is 1.84 bits per heavy atom. The Balaban J connectivity index is 2.75. The van der Waals surface area contributed by atoms with Crippen molar-refractivity contribution in [3.63, 3.8) is 0 Å². The highest BCUT2D eigenvalue weighted by Crippen LogP contribution is 2.24. The molecular weight excluding hydrogens is 244 g/mol. The molecule has 0 saturated heterocycles. The first-order chi connectivity index (χ1) is 9.04. The first-order valence-electron chi connectivity index (χ1n) is 5.67. The summed E-state index contributed by atoms with van der Waals surface area (Å²) < 4.78 is 0. The third-order valence-corrected chi connectivity index (χ3v) is 2.93. The van der Waals surface area contributed by atoms with Crippen LogP contribution in [0.5, 0.6) is 0 Å². The second kappa shape index (κ2) is 4.94. The van der Waals surface area contributed by atoms with Gasteiger partial charge in [-0.05, 0) is 34.9 Å². The van der Waals surface area contributed by atoms with Crippen LogP contribution in [0.25, 0.3) is 10.8 Å². The van der Waals surface area contributed by atoms with E-state index in [2.05, 4.69) is 6.58 Å². The van der Waals surface area contributed by atoms with Crippen LogP contribution in [0, 0.1) is 0 Å². The average molecular weight is 256 g/mol. The number of aromatic carboxylic acids is 2. The molecule has 0 aliphatic carbocycles. The summed E-state index contributed by atoms with van der Waals surface area (Å²) in [6.45, 7) is 3.60. The van der Waals surface area contributed by atoms with E-state index in [-0.39, 0.29) is 11.1 Å². The molecule has 0 saturated carbocycles. The molecule has 0 radical (unpaired) electrons. The number of hydrogen-bond donors (Lipinski definition) is 2. The van der Waals surface area contributed by atoms with Gasteiger partial charge in [-0.1, -0.05) is 24.3 Å². The van der Waals surface area contributed by atoms with Crippen LogP contribution in [0.4, 0.5) is 0 Å². The predicted octanol–water partition coefficient (Wildman–Crippen LogP) is 2.96. The molecule has 96 valence electrons. The molecule has 2 N–H and O–H groups in total. The summed E-state index contributed by atoms with van der Waals surface area (Å²) in [5.74, 6) is -2.06. The smallest absolute Gasteiger partial charge is 0.336 e. The molecule has 19 heavy (non-hydrogen) atoms. The van der Waals surface area contributed by atoms with Crippen molar-refractivity contribution in [2.45, 2.75) is 6.42 Å². The van der Waals surface area contributed by atoms with E-state index < -0.39 is 11.9 Å². The third-order valence-electron chi connectivity index (χ3n) is 2.93. The van der Waals surface area contributed by atoms with Crippen LogP contribution in [0.2, 0.25) is 0 Å². The maximum atomic E-state index is 11.4. The van der Waals surface area contributed by atoms with Crippen molar-refractivity contribution < 1.29 is 19.8 Å². The minimum atomic E-state index is -1.03. The Morgan fingerprint density at radius 1 is 1.11 bits per heavy atom. The van der Waals surface area contributed by atoms with E-state index in [4.69, 9.17) is 5.11 Å². The molecule has 0 unspecified atom stereocenters. The molecule has 4 heteroatoms. The third kappa shape index (κ3) is 2.33. The van der Waals surface area contributed by atoms with Gasteiger partial charge in [-0.15, -0.1) is 6.58 Å². The highest BCUT2D eigenvalue weighted by molar-refractivity contribution is 6.06. The summed E-state index contributed by atoms with van der Waals surface area (Å²) in [5.41, 5.74) is 1.01. The molecule has 2 aromatic rings. The van der Waals surface area contributed by atoms with Gasteiger partial charge in [0.05, 0.1) is 11.1 Å². The van der Waals surface area contributed by atoms with Crippen LogP contribution >= 0.6 is 0 Å². The topological polar surface area (TPSA) is 74.6 Å². The molecule has 0 aliphatic heterocycles. The Kier molecular flexibility index (Phi) is 3.33. The Morgan fingerprint density at radius 3 is 2.42 bits per heavy atom. The molecule has 0 heterocycles. The standard InChI is InChI=1S/C15H12O4/c1-2-3-9-4-5-10-8-11(14(16)17)6-7-12(10)13(9)15(18)19/h2,4-8H,1,3H2,(H,16,17)(H,18,19). The van der Waals surface area contributed by atoms with Gasteiger partial charge in [-0.3, -0.25) is 0 Å². The first-order valence-corrected chi connectivity index (χ1v) is 5.67. The van der Waals surface area contributed by atoms with Crippen LogP contribution < -0.4 is 0 Å². The van der Waals surface area contributed by atoms with Crippen molar-refractivity contribution in [3.05, 3.63) is 59.7 Å². The molecule has 0 aromatic heterocycles. The van der Waals surface area contributed by atoms with Crippen molar-refractivity contribution >= 4 is 22.7 Å². The SMILES string of the molecule is C=CCc1ccc2cc(C(=O)O)ccc2c1C(=O)O. The first kappa shape index (κ1) is 12.8. The van der Waals surface area contributed by atoms with Crippen LogP contribution in [0.3, 0.4) is 0 Å². The number of carboxylic acid groups (broad SMARTS) is 2. The summed E-state index contributed by atoms with van der Waals surface area (Å²) in [7, 11) is 0.